The first-order valence-electron chi connectivity index (χ1n) is 9.45. The molecule has 2 aromatic carbocycles. The van der Waals surface area contributed by atoms with Gasteiger partial charge in [0, 0.05) is 10.2 Å². The maximum atomic E-state index is 12.8. The van der Waals surface area contributed by atoms with Crippen LogP contribution >= 0.6 is 15.9 Å². The first-order chi connectivity index (χ1) is 13.8. The third kappa shape index (κ3) is 6.87. The highest BCUT2D eigenvalue weighted by Gasteiger charge is 2.31. The highest BCUT2D eigenvalue weighted by Crippen LogP contribution is 2.24. The molecule has 0 radical (unpaired) electrons. The van der Waals surface area contributed by atoms with Gasteiger partial charge in [-0.25, -0.2) is 4.79 Å². The molecule has 0 spiro atoms. The van der Waals surface area contributed by atoms with Crippen molar-refractivity contribution >= 4 is 33.5 Å². The van der Waals surface area contributed by atoms with Gasteiger partial charge in [-0.3, -0.25) is 4.79 Å². The average Bonchev–Trinajstić information content (AvgIpc) is 2.72. The fraction of sp³-hybridized carbons (Fsp3) is 0.364. The van der Waals surface area contributed by atoms with Crippen molar-refractivity contribution in [1.29, 1.82) is 0 Å². The number of carbonyl (C=O) groups is 2. The number of anilines is 1. The lowest BCUT2D eigenvalue weighted by Crippen LogP contribution is -2.49. The number of carbonyl (C=O) groups excluding carboxylic acids is 2. The van der Waals surface area contributed by atoms with E-state index in [1.165, 1.54) is 7.11 Å². The molecule has 29 heavy (non-hydrogen) atoms. The van der Waals surface area contributed by atoms with E-state index in [1.54, 1.807) is 0 Å². The molecular weight excluding hydrogens is 436 g/mol. The van der Waals surface area contributed by atoms with E-state index in [4.69, 9.17) is 4.74 Å². The van der Waals surface area contributed by atoms with Crippen molar-refractivity contribution in [3.63, 3.8) is 0 Å². The average molecular weight is 463 g/mol. The first kappa shape index (κ1) is 22.9. The van der Waals surface area contributed by atoms with Gasteiger partial charge in [-0.2, -0.15) is 0 Å². The minimum Gasteiger partial charge on any atom is -0.467 e. The Morgan fingerprint density at radius 1 is 1.07 bits per heavy atom. The number of nitrogens with one attached hydrogen (secondary N) is 2. The normalized spacial score (nSPS) is 14.0. The Bertz CT molecular complexity index is 796. The van der Waals surface area contributed by atoms with Crippen LogP contribution in [0.3, 0.4) is 0 Å². The number of hydrogen-bond donors (Lipinski definition) is 3. The van der Waals surface area contributed by atoms with Crippen molar-refractivity contribution in [2.75, 3.05) is 12.4 Å². The Morgan fingerprint density at radius 3 is 2.24 bits per heavy atom. The van der Waals surface area contributed by atoms with Crippen LogP contribution in [0.2, 0.25) is 0 Å². The molecule has 0 fully saturated rings. The van der Waals surface area contributed by atoms with Crippen LogP contribution in [-0.4, -0.2) is 36.2 Å². The van der Waals surface area contributed by atoms with Crippen LogP contribution in [0.1, 0.15) is 31.9 Å². The molecule has 0 aliphatic heterocycles. The smallest absolute Gasteiger partial charge is 0.328 e. The van der Waals surface area contributed by atoms with E-state index >= 15 is 0 Å². The molecule has 3 N–H and O–H groups in total. The summed E-state index contributed by atoms with van der Waals surface area (Å²) in [5, 5.41) is 16.7. The van der Waals surface area contributed by atoms with Crippen LogP contribution < -0.4 is 10.6 Å². The molecule has 7 heteroatoms. The monoisotopic (exact) mass is 462 g/mol. The molecule has 0 saturated heterocycles. The van der Waals surface area contributed by atoms with Crippen LogP contribution in [0.5, 0.6) is 0 Å². The minimum atomic E-state index is -1.42. The van der Waals surface area contributed by atoms with Crippen LogP contribution in [-0.2, 0) is 14.3 Å². The summed E-state index contributed by atoms with van der Waals surface area (Å²) in [7, 11) is 1.28. The quantitative estimate of drug-likeness (QED) is 0.494. The fourth-order valence-corrected chi connectivity index (χ4v) is 3.23. The fourth-order valence-electron chi connectivity index (χ4n) is 2.97. The Labute approximate surface area is 179 Å². The Morgan fingerprint density at radius 2 is 1.69 bits per heavy atom. The van der Waals surface area contributed by atoms with E-state index in [9.17, 15) is 14.7 Å². The predicted molar refractivity (Wildman–Crippen MR) is 116 cm³/mol. The lowest BCUT2D eigenvalue weighted by molar-refractivity contribution is -0.147. The molecule has 6 nitrogen and oxygen atoms in total. The van der Waals surface area contributed by atoms with E-state index in [2.05, 4.69) is 26.6 Å². The second-order valence-corrected chi connectivity index (χ2v) is 8.11. The second-order valence-electron chi connectivity index (χ2n) is 7.20. The maximum absolute atomic E-state index is 12.8. The summed E-state index contributed by atoms with van der Waals surface area (Å²) in [5.74, 6) is -1.00. The Hall–Kier alpha value is -2.38. The highest BCUT2D eigenvalue weighted by molar-refractivity contribution is 9.10. The Balaban J connectivity index is 2.23. The zero-order valence-electron chi connectivity index (χ0n) is 16.8. The van der Waals surface area contributed by atoms with Gasteiger partial charge in [0.1, 0.15) is 6.04 Å². The summed E-state index contributed by atoms with van der Waals surface area (Å²) < 4.78 is 5.71. The summed E-state index contributed by atoms with van der Waals surface area (Å²) in [4.78, 5) is 24.8. The van der Waals surface area contributed by atoms with Crippen molar-refractivity contribution < 1.29 is 19.4 Å². The van der Waals surface area contributed by atoms with Gasteiger partial charge in [0.25, 0.3) is 5.91 Å². The standard InChI is InChI=1S/C22H27BrN2O4/c1-14(2)13-18(22(28)29-3)25-21(27)20(26)19(15-7-5-4-6-8-15)24-17-11-9-16(23)10-12-17/h4-12,14,18-20,24,26H,13H2,1-3H3,(H,25,27)/t18-,19+,20-/m0/s1. The van der Waals surface area contributed by atoms with E-state index in [1.807, 2.05) is 68.4 Å². The highest BCUT2D eigenvalue weighted by atomic mass is 79.9. The van der Waals surface area contributed by atoms with Gasteiger partial charge < -0.3 is 20.5 Å². The summed E-state index contributed by atoms with van der Waals surface area (Å²) in [6.45, 7) is 3.89. The molecule has 0 heterocycles. The van der Waals surface area contributed by atoms with Gasteiger partial charge in [-0.15, -0.1) is 0 Å². The summed E-state index contributed by atoms with van der Waals surface area (Å²) in [6.07, 6.45) is -0.998. The summed E-state index contributed by atoms with van der Waals surface area (Å²) >= 11 is 3.39. The van der Waals surface area contributed by atoms with E-state index in [0.29, 0.717) is 6.42 Å². The molecule has 1 amide bonds. The summed E-state index contributed by atoms with van der Waals surface area (Å²) in [6, 6.07) is 15.1. The molecule has 0 unspecified atom stereocenters. The molecule has 0 aliphatic carbocycles. The van der Waals surface area contributed by atoms with E-state index in [0.717, 1.165) is 15.7 Å². The van der Waals surface area contributed by atoms with Crippen LogP contribution in [0.25, 0.3) is 0 Å². The van der Waals surface area contributed by atoms with Crippen molar-refractivity contribution in [1.82, 2.24) is 5.32 Å². The molecule has 0 aliphatic rings. The third-order valence-electron chi connectivity index (χ3n) is 4.42. The van der Waals surface area contributed by atoms with Gasteiger partial charge in [-0.1, -0.05) is 60.1 Å². The summed E-state index contributed by atoms with van der Waals surface area (Å²) in [5.41, 5.74) is 1.50. The van der Waals surface area contributed by atoms with Gasteiger partial charge >= 0.3 is 5.97 Å². The van der Waals surface area contributed by atoms with Gasteiger partial charge in [0.2, 0.25) is 0 Å². The predicted octanol–water partition coefficient (Wildman–Crippen LogP) is 3.67. The molecule has 0 bridgehead atoms. The van der Waals surface area contributed by atoms with Crippen LogP contribution in [0, 0.1) is 5.92 Å². The van der Waals surface area contributed by atoms with E-state index in [-0.39, 0.29) is 5.92 Å². The van der Waals surface area contributed by atoms with Crippen molar-refractivity contribution in [3.05, 3.63) is 64.6 Å². The van der Waals surface area contributed by atoms with Crippen molar-refractivity contribution in [3.8, 4) is 0 Å². The number of rotatable bonds is 9. The number of ether oxygens (including phenoxy) is 1. The molecule has 2 aromatic rings. The van der Waals surface area contributed by atoms with E-state index < -0.39 is 30.1 Å². The van der Waals surface area contributed by atoms with Crippen LogP contribution in [0.4, 0.5) is 5.69 Å². The number of methoxy groups -OCH3 is 1. The van der Waals surface area contributed by atoms with Crippen molar-refractivity contribution in [2.45, 2.75) is 38.5 Å². The lowest BCUT2D eigenvalue weighted by Gasteiger charge is -2.27. The zero-order chi connectivity index (χ0) is 21.4. The molecule has 0 aromatic heterocycles. The second kappa shape index (κ2) is 11.0. The van der Waals surface area contributed by atoms with Gasteiger partial charge in [-0.05, 0) is 42.2 Å². The lowest BCUT2D eigenvalue weighted by atomic mass is 9.99. The molecular formula is C22H27BrN2O4. The molecule has 2 rings (SSSR count). The van der Waals surface area contributed by atoms with Gasteiger partial charge in [0.05, 0.1) is 13.2 Å². The molecule has 156 valence electrons. The van der Waals surface area contributed by atoms with Crippen molar-refractivity contribution in [2.24, 2.45) is 5.92 Å². The zero-order valence-corrected chi connectivity index (χ0v) is 18.3. The topological polar surface area (TPSA) is 87.7 Å². The molecule has 3 atom stereocenters. The maximum Gasteiger partial charge on any atom is 0.328 e. The SMILES string of the molecule is COC(=O)[C@H](CC(C)C)NC(=O)[C@@H](O)[C@H](Nc1ccc(Br)cc1)c1ccccc1. The third-order valence-corrected chi connectivity index (χ3v) is 4.95. The van der Waals surface area contributed by atoms with Gasteiger partial charge in [0.15, 0.2) is 6.10 Å². The number of aliphatic hydroxyl groups excluding tert-OH is 1. The number of benzene rings is 2. The number of aliphatic hydroxyl groups is 1. The molecule has 0 saturated carbocycles. The minimum absolute atomic E-state index is 0.169. The first-order valence-corrected chi connectivity index (χ1v) is 10.2. The number of hydrogen-bond acceptors (Lipinski definition) is 5. The number of esters is 1. The van der Waals surface area contributed by atoms with Crippen LogP contribution in [0.15, 0.2) is 59.1 Å². The largest absolute Gasteiger partial charge is 0.467 e. The number of halogens is 1. The Kier molecular flexibility index (Phi) is 8.67. The number of amides is 1.